The van der Waals surface area contributed by atoms with Crippen LogP contribution in [0.4, 0.5) is 5.69 Å². The van der Waals surface area contributed by atoms with E-state index in [0.717, 1.165) is 44.3 Å². The second kappa shape index (κ2) is 10.0. The maximum atomic E-state index is 12.5. The second-order valence-electron chi connectivity index (χ2n) is 8.45. The summed E-state index contributed by atoms with van der Waals surface area (Å²) in [6.07, 6.45) is 2.60. The normalized spacial score (nSPS) is 11.7. The topological polar surface area (TPSA) is 83.8 Å². The number of benzene rings is 2. The van der Waals surface area contributed by atoms with Crippen molar-refractivity contribution in [1.82, 2.24) is 9.99 Å². The van der Waals surface area contributed by atoms with Gasteiger partial charge in [-0.25, -0.2) is 13.8 Å². The summed E-state index contributed by atoms with van der Waals surface area (Å²) < 4.78 is 27.7. The van der Waals surface area contributed by atoms with Crippen LogP contribution in [-0.4, -0.2) is 37.9 Å². The van der Waals surface area contributed by atoms with Gasteiger partial charge in [0.25, 0.3) is 5.91 Å². The van der Waals surface area contributed by atoms with E-state index in [4.69, 9.17) is 11.6 Å². The molecule has 0 spiro atoms. The van der Waals surface area contributed by atoms with Gasteiger partial charge in [-0.1, -0.05) is 35.4 Å². The van der Waals surface area contributed by atoms with E-state index in [9.17, 15) is 13.2 Å². The Kier molecular flexibility index (Phi) is 7.53. The van der Waals surface area contributed by atoms with Gasteiger partial charge in [0.2, 0.25) is 10.0 Å². The lowest BCUT2D eigenvalue weighted by Crippen LogP contribution is -2.39. The zero-order chi connectivity index (χ0) is 25.2. The molecular weight excluding hydrogens is 472 g/mol. The molecule has 3 rings (SSSR count). The SMILES string of the molecule is Cc1ccc(-n2c(C)cc(/C=N\NC(=O)CN(c3ccc(C)c(Cl)c3)S(C)(=O)=O)c2C)c(C)c1. The summed E-state index contributed by atoms with van der Waals surface area (Å²) in [5, 5.41) is 4.48. The summed E-state index contributed by atoms with van der Waals surface area (Å²) in [7, 11) is -3.71. The molecule has 1 heterocycles. The predicted octanol–water partition coefficient (Wildman–Crippen LogP) is 4.59. The Morgan fingerprint density at radius 3 is 2.38 bits per heavy atom. The summed E-state index contributed by atoms with van der Waals surface area (Å²) in [4.78, 5) is 12.5. The molecule has 7 nitrogen and oxygen atoms in total. The summed E-state index contributed by atoms with van der Waals surface area (Å²) in [6, 6.07) is 13.1. The van der Waals surface area contributed by atoms with Crippen molar-refractivity contribution < 1.29 is 13.2 Å². The third-order valence-electron chi connectivity index (χ3n) is 5.59. The highest BCUT2D eigenvalue weighted by Gasteiger charge is 2.21. The standard InChI is InChI=1S/C25H29ClN4O3S/c1-16-7-10-24(18(3)11-16)30-19(4)12-21(20(30)5)14-27-28-25(31)15-29(34(6,32)33)22-9-8-17(2)23(26)13-22/h7-14H,15H2,1-6H3,(H,28,31)/b27-14-. The average molecular weight is 501 g/mol. The number of hydrogen-bond acceptors (Lipinski definition) is 4. The van der Waals surface area contributed by atoms with E-state index in [1.807, 2.05) is 26.8 Å². The van der Waals surface area contributed by atoms with Crippen molar-refractivity contribution >= 4 is 39.4 Å². The molecule has 0 aliphatic heterocycles. The van der Waals surface area contributed by atoms with Crippen molar-refractivity contribution in [1.29, 1.82) is 0 Å². The highest BCUT2D eigenvalue weighted by molar-refractivity contribution is 7.92. The minimum atomic E-state index is -3.71. The molecule has 0 fully saturated rings. The number of halogens is 1. The minimum Gasteiger partial charge on any atom is -0.318 e. The Labute approximate surface area is 206 Å². The van der Waals surface area contributed by atoms with Crippen molar-refractivity contribution in [3.05, 3.63) is 81.1 Å². The number of anilines is 1. The van der Waals surface area contributed by atoms with Crippen LogP contribution in [0, 0.1) is 34.6 Å². The van der Waals surface area contributed by atoms with Gasteiger partial charge in [0.15, 0.2) is 0 Å². The van der Waals surface area contributed by atoms with E-state index in [1.54, 1.807) is 18.3 Å². The first kappa shape index (κ1) is 25.5. The zero-order valence-electron chi connectivity index (χ0n) is 20.2. The number of aromatic nitrogens is 1. The first-order valence-corrected chi connectivity index (χ1v) is 12.9. The van der Waals surface area contributed by atoms with E-state index in [0.29, 0.717) is 10.7 Å². The lowest BCUT2D eigenvalue weighted by atomic mass is 10.1. The molecule has 180 valence electrons. The van der Waals surface area contributed by atoms with Crippen LogP contribution in [0.1, 0.15) is 33.6 Å². The number of aryl methyl sites for hydroxylation is 4. The molecule has 0 aliphatic carbocycles. The van der Waals surface area contributed by atoms with Crippen molar-refractivity contribution in [3.8, 4) is 5.69 Å². The van der Waals surface area contributed by atoms with Crippen molar-refractivity contribution in [2.24, 2.45) is 5.10 Å². The van der Waals surface area contributed by atoms with E-state index < -0.39 is 22.5 Å². The fourth-order valence-corrected chi connectivity index (χ4v) is 4.84. The van der Waals surface area contributed by atoms with E-state index in [-0.39, 0.29) is 0 Å². The van der Waals surface area contributed by atoms with Crippen LogP contribution < -0.4 is 9.73 Å². The predicted molar refractivity (Wildman–Crippen MR) is 139 cm³/mol. The molecule has 9 heteroatoms. The van der Waals surface area contributed by atoms with Crippen LogP contribution in [0.15, 0.2) is 47.6 Å². The smallest absolute Gasteiger partial charge is 0.260 e. The first-order valence-electron chi connectivity index (χ1n) is 10.7. The minimum absolute atomic E-state index is 0.314. The largest absolute Gasteiger partial charge is 0.318 e. The monoisotopic (exact) mass is 500 g/mol. The fraction of sp³-hybridized carbons (Fsp3) is 0.280. The summed E-state index contributed by atoms with van der Waals surface area (Å²) in [5.41, 5.74) is 9.87. The number of sulfonamides is 1. The molecular formula is C25H29ClN4O3S. The molecule has 1 N–H and O–H groups in total. The number of nitrogens with one attached hydrogen (secondary N) is 1. The summed E-state index contributed by atoms with van der Waals surface area (Å²) >= 11 is 6.14. The number of amides is 1. The van der Waals surface area contributed by atoms with Crippen LogP contribution in [-0.2, 0) is 14.8 Å². The number of nitrogens with zero attached hydrogens (tertiary/aromatic N) is 3. The van der Waals surface area contributed by atoms with Gasteiger partial charge in [-0.2, -0.15) is 5.10 Å². The average Bonchev–Trinajstić information content (AvgIpc) is 3.01. The maximum absolute atomic E-state index is 12.5. The molecule has 2 aromatic carbocycles. The number of rotatable bonds is 7. The molecule has 1 amide bonds. The molecule has 3 aromatic rings. The Balaban J connectivity index is 1.77. The molecule has 0 saturated carbocycles. The second-order valence-corrected chi connectivity index (χ2v) is 10.8. The molecule has 0 saturated heterocycles. The zero-order valence-corrected chi connectivity index (χ0v) is 21.8. The number of hydrogen-bond donors (Lipinski definition) is 1. The molecule has 0 atom stereocenters. The van der Waals surface area contributed by atoms with Gasteiger partial charge in [-0.05, 0) is 70.0 Å². The van der Waals surface area contributed by atoms with E-state index in [2.05, 4.69) is 47.1 Å². The Hall–Kier alpha value is -3.10. The van der Waals surface area contributed by atoms with Crippen LogP contribution in [0.2, 0.25) is 5.02 Å². The Bertz CT molecular complexity index is 1380. The van der Waals surface area contributed by atoms with E-state index in [1.165, 1.54) is 11.6 Å². The van der Waals surface area contributed by atoms with Gasteiger partial charge in [-0.15, -0.1) is 0 Å². The molecule has 1 aromatic heterocycles. The van der Waals surface area contributed by atoms with Gasteiger partial charge in [0.05, 0.1) is 18.2 Å². The number of hydrazone groups is 1. The van der Waals surface area contributed by atoms with Crippen molar-refractivity contribution in [2.75, 3.05) is 17.1 Å². The Morgan fingerprint density at radius 2 is 1.76 bits per heavy atom. The van der Waals surface area contributed by atoms with Crippen LogP contribution >= 0.6 is 11.6 Å². The lowest BCUT2D eigenvalue weighted by Gasteiger charge is -2.21. The molecule has 0 bridgehead atoms. The molecule has 0 unspecified atom stereocenters. The van der Waals surface area contributed by atoms with Gasteiger partial charge in [-0.3, -0.25) is 9.10 Å². The molecule has 0 aliphatic rings. The fourth-order valence-electron chi connectivity index (χ4n) is 3.82. The lowest BCUT2D eigenvalue weighted by molar-refractivity contribution is -0.119. The Morgan fingerprint density at radius 1 is 1.06 bits per heavy atom. The quantitative estimate of drug-likeness (QED) is 0.380. The van der Waals surface area contributed by atoms with Crippen LogP contribution in [0.25, 0.3) is 5.69 Å². The van der Waals surface area contributed by atoms with Gasteiger partial charge >= 0.3 is 0 Å². The first-order chi connectivity index (χ1) is 15.9. The third-order valence-corrected chi connectivity index (χ3v) is 7.14. The number of carbonyl (C=O) groups excluding carboxylic acids is 1. The van der Waals surface area contributed by atoms with Gasteiger partial charge < -0.3 is 4.57 Å². The van der Waals surface area contributed by atoms with Crippen molar-refractivity contribution in [2.45, 2.75) is 34.6 Å². The highest BCUT2D eigenvalue weighted by atomic mass is 35.5. The number of carbonyl (C=O) groups is 1. The van der Waals surface area contributed by atoms with Gasteiger partial charge in [0.1, 0.15) is 6.54 Å². The van der Waals surface area contributed by atoms with Gasteiger partial charge in [0, 0.05) is 27.7 Å². The maximum Gasteiger partial charge on any atom is 0.260 e. The van der Waals surface area contributed by atoms with Crippen molar-refractivity contribution in [3.63, 3.8) is 0 Å². The molecule has 34 heavy (non-hydrogen) atoms. The summed E-state index contributed by atoms with van der Waals surface area (Å²) in [5.74, 6) is -0.568. The highest BCUT2D eigenvalue weighted by Crippen LogP contribution is 2.25. The third kappa shape index (κ3) is 5.69. The van der Waals surface area contributed by atoms with Crippen LogP contribution in [0.3, 0.4) is 0 Å². The molecule has 0 radical (unpaired) electrons. The summed E-state index contributed by atoms with van der Waals surface area (Å²) in [6.45, 7) is 9.53. The van der Waals surface area contributed by atoms with Crippen LogP contribution in [0.5, 0.6) is 0 Å². The van der Waals surface area contributed by atoms with E-state index >= 15 is 0 Å².